The van der Waals surface area contributed by atoms with Gasteiger partial charge in [-0.15, -0.1) is 12.4 Å². The smallest absolute Gasteiger partial charge is 0.238 e. The van der Waals surface area contributed by atoms with Crippen molar-refractivity contribution in [2.24, 2.45) is 0 Å². The summed E-state index contributed by atoms with van der Waals surface area (Å²) in [4.78, 5) is 4.36. The molecule has 0 spiro atoms. The first-order valence-corrected chi connectivity index (χ1v) is 5.51. The minimum absolute atomic E-state index is 0. The Morgan fingerprint density at radius 3 is 3.06 bits per heavy atom. The fraction of sp³-hybridized carbons (Fsp3) is 0.455. The van der Waals surface area contributed by atoms with Gasteiger partial charge in [0, 0.05) is 6.54 Å². The number of nitrogens with one attached hydrogen (secondary N) is 1. The van der Waals surface area contributed by atoms with Crippen LogP contribution in [0.4, 0.5) is 0 Å². The van der Waals surface area contributed by atoms with Crippen LogP contribution in [-0.2, 0) is 0 Å². The van der Waals surface area contributed by atoms with Gasteiger partial charge in [-0.2, -0.15) is 4.98 Å². The molecule has 0 aliphatic carbocycles. The van der Waals surface area contributed by atoms with Crippen molar-refractivity contribution in [3.05, 3.63) is 24.3 Å². The van der Waals surface area contributed by atoms with Gasteiger partial charge in [-0.05, 0) is 31.5 Å². The molecule has 0 radical (unpaired) electrons. The van der Waals surface area contributed by atoms with Crippen molar-refractivity contribution in [1.29, 1.82) is 0 Å². The minimum atomic E-state index is 0. The highest BCUT2D eigenvalue weighted by Crippen LogP contribution is 2.24. The number of hydrogen-bond donors (Lipinski definition) is 1. The van der Waals surface area contributed by atoms with Crippen molar-refractivity contribution in [1.82, 2.24) is 15.5 Å². The van der Waals surface area contributed by atoms with Crippen LogP contribution in [0.2, 0.25) is 0 Å². The maximum absolute atomic E-state index is 5.27. The maximum Gasteiger partial charge on any atom is 0.238 e. The largest absolute Gasteiger partial charge is 0.461 e. The average molecular weight is 256 g/mol. The average Bonchev–Trinajstić information content (AvgIpc) is 3.01. The van der Waals surface area contributed by atoms with E-state index < -0.39 is 0 Å². The highest BCUT2D eigenvalue weighted by atomic mass is 35.5. The van der Waals surface area contributed by atoms with Gasteiger partial charge in [0.15, 0.2) is 5.76 Å². The number of furan rings is 1. The van der Waals surface area contributed by atoms with Crippen LogP contribution in [-0.4, -0.2) is 23.2 Å². The van der Waals surface area contributed by atoms with Crippen LogP contribution in [0.1, 0.15) is 24.7 Å². The van der Waals surface area contributed by atoms with Gasteiger partial charge in [-0.25, -0.2) is 0 Å². The monoisotopic (exact) mass is 255 g/mol. The molecule has 2 aromatic rings. The van der Waals surface area contributed by atoms with Gasteiger partial charge in [-0.1, -0.05) is 5.16 Å². The first-order valence-electron chi connectivity index (χ1n) is 5.51. The van der Waals surface area contributed by atoms with Crippen molar-refractivity contribution in [3.63, 3.8) is 0 Å². The number of aromatic nitrogens is 2. The zero-order valence-corrected chi connectivity index (χ0v) is 10.1. The summed E-state index contributed by atoms with van der Waals surface area (Å²) in [6, 6.07) is 3.64. The van der Waals surface area contributed by atoms with Gasteiger partial charge >= 0.3 is 0 Å². The lowest BCUT2D eigenvalue weighted by Crippen LogP contribution is -2.28. The number of rotatable bonds is 2. The quantitative estimate of drug-likeness (QED) is 0.891. The number of hydrogen-bond acceptors (Lipinski definition) is 5. The summed E-state index contributed by atoms with van der Waals surface area (Å²) in [5, 5.41) is 7.25. The third kappa shape index (κ3) is 2.50. The second kappa shape index (κ2) is 5.33. The molecule has 1 saturated heterocycles. The third-order valence-electron chi connectivity index (χ3n) is 2.83. The van der Waals surface area contributed by atoms with Gasteiger partial charge in [0.25, 0.3) is 0 Å². The number of halogens is 1. The normalized spacial score (nSPS) is 19.9. The molecule has 0 bridgehead atoms. The van der Waals surface area contributed by atoms with E-state index in [9.17, 15) is 0 Å². The standard InChI is InChI=1S/C11H13N3O2.ClH/c1-3-8(7-12-5-1)11-13-10(14-16-11)9-4-2-6-15-9;/h2,4,6,8,12H,1,3,5,7H2;1H/t8-;/m0./s1. The molecule has 1 atom stereocenters. The molecule has 0 saturated carbocycles. The van der Waals surface area contributed by atoms with Gasteiger partial charge in [0.05, 0.1) is 12.2 Å². The molecule has 1 aliphatic rings. The zero-order chi connectivity index (χ0) is 10.8. The molecule has 17 heavy (non-hydrogen) atoms. The molecule has 3 rings (SSSR count). The molecule has 5 nitrogen and oxygen atoms in total. The van der Waals surface area contributed by atoms with E-state index in [1.165, 1.54) is 0 Å². The second-order valence-electron chi connectivity index (χ2n) is 3.98. The fourth-order valence-corrected chi connectivity index (χ4v) is 1.97. The molecular formula is C11H14ClN3O2. The van der Waals surface area contributed by atoms with E-state index in [1.54, 1.807) is 6.26 Å². The predicted octanol–water partition coefficient (Wildman–Crippen LogP) is 2.22. The van der Waals surface area contributed by atoms with E-state index >= 15 is 0 Å². The van der Waals surface area contributed by atoms with E-state index in [4.69, 9.17) is 8.94 Å². The second-order valence-corrected chi connectivity index (χ2v) is 3.98. The van der Waals surface area contributed by atoms with Crippen molar-refractivity contribution in [2.45, 2.75) is 18.8 Å². The highest BCUT2D eigenvalue weighted by Gasteiger charge is 2.22. The molecule has 1 N–H and O–H groups in total. The third-order valence-corrected chi connectivity index (χ3v) is 2.83. The number of piperidine rings is 1. The van der Waals surface area contributed by atoms with E-state index in [0.29, 0.717) is 23.4 Å². The van der Waals surface area contributed by atoms with Crippen LogP contribution in [0.25, 0.3) is 11.6 Å². The van der Waals surface area contributed by atoms with Gasteiger partial charge < -0.3 is 14.3 Å². The molecule has 0 amide bonds. The molecular weight excluding hydrogens is 242 g/mol. The van der Waals surface area contributed by atoms with Crippen molar-refractivity contribution in [2.75, 3.05) is 13.1 Å². The lowest BCUT2D eigenvalue weighted by atomic mass is 10.00. The van der Waals surface area contributed by atoms with Crippen molar-refractivity contribution >= 4 is 12.4 Å². The molecule has 3 heterocycles. The summed E-state index contributed by atoms with van der Waals surface area (Å²) in [6.45, 7) is 2.00. The molecule has 92 valence electrons. The van der Waals surface area contributed by atoms with E-state index in [0.717, 1.165) is 25.9 Å². The molecule has 0 aromatic carbocycles. The van der Waals surface area contributed by atoms with Crippen LogP contribution in [0, 0.1) is 0 Å². The van der Waals surface area contributed by atoms with Gasteiger partial charge in [0.2, 0.25) is 11.7 Å². The van der Waals surface area contributed by atoms with Crippen LogP contribution in [0.15, 0.2) is 27.3 Å². The van der Waals surface area contributed by atoms with E-state index in [1.807, 2.05) is 12.1 Å². The Morgan fingerprint density at radius 2 is 2.35 bits per heavy atom. The van der Waals surface area contributed by atoms with Crippen molar-refractivity contribution < 1.29 is 8.94 Å². The van der Waals surface area contributed by atoms with Crippen LogP contribution >= 0.6 is 12.4 Å². The zero-order valence-electron chi connectivity index (χ0n) is 9.26. The molecule has 6 heteroatoms. The molecule has 1 fully saturated rings. The van der Waals surface area contributed by atoms with Gasteiger partial charge in [-0.3, -0.25) is 0 Å². The summed E-state index contributed by atoms with van der Waals surface area (Å²) < 4.78 is 10.5. The lowest BCUT2D eigenvalue weighted by Gasteiger charge is -2.18. The first-order chi connectivity index (χ1) is 7.93. The lowest BCUT2D eigenvalue weighted by molar-refractivity contribution is 0.322. The minimum Gasteiger partial charge on any atom is -0.461 e. The SMILES string of the molecule is Cl.c1coc(-c2noc([C@H]3CCCNC3)n2)c1. The Hall–Kier alpha value is -1.33. The van der Waals surface area contributed by atoms with Crippen LogP contribution in [0.5, 0.6) is 0 Å². The Bertz CT molecular complexity index is 449. The Morgan fingerprint density at radius 1 is 1.41 bits per heavy atom. The van der Waals surface area contributed by atoms with E-state index in [2.05, 4.69) is 15.5 Å². The Labute approximate surface area is 105 Å². The molecule has 2 aromatic heterocycles. The topological polar surface area (TPSA) is 64.1 Å². The molecule has 0 unspecified atom stereocenters. The first kappa shape index (κ1) is 12.1. The summed E-state index contributed by atoms with van der Waals surface area (Å²) >= 11 is 0. The molecule has 1 aliphatic heterocycles. The van der Waals surface area contributed by atoms with Crippen LogP contribution in [0.3, 0.4) is 0 Å². The Kier molecular flexibility index (Phi) is 3.81. The summed E-state index contributed by atoms with van der Waals surface area (Å²) in [6.07, 6.45) is 3.86. The predicted molar refractivity (Wildman–Crippen MR) is 64.1 cm³/mol. The van der Waals surface area contributed by atoms with Crippen LogP contribution < -0.4 is 5.32 Å². The fourth-order valence-electron chi connectivity index (χ4n) is 1.97. The maximum atomic E-state index is 5.27. The van der Waals surface area contributed by atoms with Crippen molar-refractivity contribution in [3.8, 4) is 11.6 Å². The Balaban J connectivity index is 0.00000108. The number of nitrogens with zero attached hydrogens (tertiary/aromatic N) is 2. The summed E-state index contributed by atoms with van der Waals surface area (Å²) in [5.41, 5.74) is 0. The summed E-state index contributed by atoms with van der Waals surface area (Å²) in [7, 11) is 0. The van der Waals surface area contributed by atoms with Gasteiger partial charge in [0.1, 0.15) is 0 Å². The summed E-state index contributed by atoms with van der Waals surface area (Å²) in [5.74, 6) is 2.23. The highest BCUT2D eigenvalue weighted by molar-refractivity contribution is 5.85. The van der Waals surface area contributed by atoms with E-state index in [-0.39, 0.29) is 12.4 Å².